The number of nitrogens with two attached hydrogens (primary N) is 1. The molecule has 3 nitrogen and oxygen atoms in total. The number of rotatable bonds is 2. The Labute approximate surface area is 95.3 Å². The molecular weight excluding hydrogens is 198 g/mol. The lowest BCUT2D eigenvalue weighted by Gasteiger charge is -2.03. The number of hydrogen-bond donors (Lipinski definition) is 1. The minimum Gasteiger partial charge on any atom is -0.325 e. The minimum atomic E-state index is 0.514. The van der Waals surface area contributed by atoms with Gasteiger partial charge in [-0.05, 0) is 36.5 Å². The average Bonchev–Trinajstić information content (AvgIpc) is 2.96. The van der Waals surface area contributed by atoms with Crippen LogP contribution in [0.2, 0.25) is 0 Å². The first-order valence-corrected chi connectivity index (χ1v) is 6.03. The van der Waals surface area contributed by atoms with Crippen LogP contribution in [0.3, 0.4) is 0 Å². The van der Waals surface area contributed by atoms with Crippen molar-refractivity contribution in [2.75, 3.05) is 0 Å². The van der Waals surface area contributed by atoms with E-state index in [1.807, 2.05) is 6.33 Å². The zero-order valence-electron chi connectivity index (χ0n) is 9.39. The Morgan fingerprint density at radius 2 is 2.12 bits per heavy atom. The lowest BCUT2D eigenvalue weighted by Crippen LogP contribution is -2.00. The summed E-state index contributed by atoms with van der Waals surface area (Å²) in [5.74, 6) is 0.765. The molecule has 1 saturated carbocycles. The maximum Gasteiger partial charge on any atom is 0.0994 e. The second-order valence-electron chi connectivity index (χ2n) is 4.67. The highest BCUT2D eigenvalue weighted by molar-refractivity contribution is 5.51. The van der Waals surface area contributed by atoms with Crippen molar-refractivity contribution in [1.29, 1.82) is 0 Å². The molecule has 0 radical (unpaired) electrons. The van der Waals surface area contributed by atoms with Gasteiger partial charge in [-0.3, -0.25) is 0 Å². The molecule has 0 amide bonds. The van der Waals surface area contributed by atoms with Gasteiger partial charge in [0, 0.05) is 18.3 Å². The first-order valence-electron chi connectivity index (χ1n) is 6.03. The molecule has 1 aliphatic rings. The third-order valence-corrected chi connectivity index (χ3v) is 3.60. The summed E-state index contributed by atoms with van der Waals surface area (Å²) in [5.41, 5.74) is 9.25. The van der Waals surface area contributed by atoms with Gasteiger partial charge in [-0.2, -0.15) is 0 Å². The van der Waals surface area contributed by atoms with E-state index in [0.29, 0.717) is 6.54 Å². The molecular formula is C13H17N3. The Kier molecular flexibility index (Phi) is 2.40. The molecule has 0 saturated heterocycles. The summed E-state index contributed by atoms with van der Waals surface area (Å²) < 4.78 is 2.10. The molecule has 0 aliphatic heterocycles. The third kappa shape index (κ3) is 1.61. The lowest BCUT2D eigenvalue weighted by atomic mass is 10.0. The van der Waals surface area contributed by atoms with Crippen molar-refractivity contribution in [3.63, 3.8) is 0 Å². The summed E-state index contributed by atoms with van der Waals surface area (Å²) in [6, 6.07) is 4.37. The van der Waals surface area contributed by atoms with Gasteiger partial charge in [0.1, 0.15) is 0 Å². The highest BCUT2D eigenvalue weighted by atomic mass is 14.9. The van der Waals surface area contributed by atoms with E-state index in [1.54, 1.807) is 0 Å². The summed E-state index contributed by atoms with van der Waals surface area (Å²) in [4.78, 5) is 4.30. The first kappa shape index (κ1) is 9.85. The van der Waals surface area contributed by atoms with E-state index in [0.717, 1.165) is 11.6 Å². The van der Waals surface area contributed by atoms with Gasteiger partial charge in [0.25, 0.3) is 0 Å². The van der Waals surface area contributed by atoms with Gasteiger partial charge in [-0.15, -0.1) is 0 Å². The Hall–Kier alpha value is -1.35. The van der Waals surface area contributed by atoms with E-state index >= 15 is 0 Å². The Balaban J connectivity index is 2.01. The molecule has 0 atom stereocenters. The first-order chi connectivity index (χ1) is 7.86. The van der Waals surface area contributed by atoms with E-state index in [9.17, 15) is 0 Å². The van der Waals surface area contributed by atoms with Gasteiger partial charge in [0.05, 0.1) is 12.0 Å². The summed E-state index contributed by atoms with van der Waals surface area (Å²) >= 11 is 0. The van der Waals surface area contributed by atoms with Crippen LogP contribution in [-0.4, -0.2) is 9.38 Å². The molecule has 16 heavy (non-hydrogen) atoms. The minimum absolute atomic E-state index is 0.514. The van der Waals surface area contributed by atoms with Crippen molar-refractivity contribution >= 4 is 5.52 Å². The molecule has 1 aliphatic carbocycles. The van der Waals surface area contributed by atoms with E-state index in [1.165, 1.54) is 36.8 Å². The molecule has 2 N–H and O–H groups in total. The predicted octanol–water partition coefficient (Wildman–Crippen LogP) is 2.45. The molecule has 3 heteroatoms. The van der Waals surface area contributed by atoms with Crippen LogP contribution in [0, 0.1) is 0 Å². The van der Waals surface area contributed by atoms with Crippen LogP contribution in [-0.2, 0) is 6.54 Å². The maximum atomic E-state index is 5.60. The van der Waals surface area contributed by atoms with E-state index in [4.69, 9.17) is 5.73 Å². The van der Waals surface area contributed by atoms with Gasteiger partial charge < -0.3 is 10.1 Å². The molecule has 0 aromatic carbocycles. The molecule has 0 unspecified atom stereocenters. The van der Waals surface area contributed by atoms with E-state index in [-0.39, 0.29) is 0 Å². The van der Waals surface area contributed by atoms with Crippen LogP contribution in [0.15, 0.2) is 24.7 Å². The van der Waals surface area contributed by atoms with E-state index in [2.05, 4.69) is 27.7 Å². The average molecular weight is 215 g/mol. The highest BCUT2D eigenvalue weighted by Gasteiger charge is 2.18. The fraction of sp³-hybridized carbons (Fsp3) is 0.462. The van der Waals surface area contributed by atoms with Crippen LogP contribution < -0.4 is 5.73 Å². The maximum absolute atomic E-state index is 5.60. The predicted molar refractivity (Wildman–Crippen MR) is 64.3 cm³/mol. The highest BCUT2D eigenvalue weighted by Crippen LogP contribution is 2.34. The molecule has 1 fully saturated rings. The molecule has 0 spiro atoms. The number of fused-ring (bicyclic) bond motifs is 1. The summed E-state index contributed by atoms with van der Waals surface area (Å²) in [6.45, 7) is 0.514. The fourth-order valence-electron chi connectivity index (χ4n) is 2.67. The smallest absolute Gasteiger partial charge is 0.0994 e. The van der Waals surface area contributed by atoms with Crippen molar-refractivity contribution in [2.24, 2.45) is 5.73 Å². The quantitative estimate of drug-likeness (QED) is 0.836. The zero-order chi connectivity index (χ0) is 11.0. The number of aromatic nitrogens is 2. The van der Waals surface area contributed by atoms with Gasteiger partial charge in [0.2, 0.25) is 0 Å². The van der Waals surface area contributed by atoms with Crippen molar-refractivity contribution < 1.29 is 0 Å². The van der Waals surface area contributed by atoms with E-state index < -0.39 is 0 Å². The molecule has 2 heterocycles. The molecule has 2 aromatic rings. The largest absolute Gasteiger partial charge is 0.325 e. The van der Waals surface area contributed by atoms with Crippen LogP contribution in [0.5, 0.6) is 0 Å². The van der Waals surface area contributed by atoms with Crippen molar-refractivity contribution in [3.05, 3.63) is 35.9 Å². The van der Waals surface area contributed by atoms with Crippen molar-refractivity contribution in [2.45, 2.75) is 38.1 Å². The van der Waals surface area contributed by atoms with Gasteiger partial charge in [-0.25, -0.2) is 4.98 Å². The van der Waals surface area contributed by atoms with Gasteiger partial charge in [-0.1, -0.05) is 12.8 Å². The normalized spacial score (nSPS) is 17.3. The Morgan fingerprint density at radius 1 is 1.31 bits per heavy atom. The van der Waals surface area contributed by atoms with Crippen LogP contribution >= 0.6 is 0 Å². The summed E-state index contributed by atoms with van der Waals surface area (Å²) in [6.07, 6.45) is 9.53. The van der Waals surface area contributed by atoms with Gasteiger partial charge in [0.15, 0.2) is 0 Å². The van der Waals surface area contributed by atoms with Crippen LogP contribution in [0.1, 0.15) is 42.9 Å². The van der Waals surface area contributed by atoms with Crippen LogP contribution in [0.25, 0.3) is 5.52 Å². The monoisotopic (exact) mass is 215 g/mol. The fourth-order valence-corrected chi connectivity index (χ4v) is 2.67. The Bertz CT molecular complexity index is 495. The summed E-state index contributed by atoms with van der Waals surface area (Å²) in [7, 11) is 0. The van der Waals surface area contributed by atoms with Crippen molar-refractivity contribution in [3.8, 4) is 0 Å². The van der Waals surface area contributed by atoms with Gasteiger partial charge >= 0.3 is 0 Å². The van der Waals surface area contributed by atoms with Crippen LogP contribution in [0.4, 0.5) is 0 Å². The molecule has 2 aromatic heterocycles. The molecule has 0 bridgehead atoms. The third-order valence-electron chi connectivity index (χ3n) is 3.60. The molecule has 3 rings (SSSR count). The topological polar surface area (TPSA) is 43.3 Å². The standard InChI is InChI=1S/C13H17N3/c14-7-12-6-13-5-11(8-16(13)9-15-12)10-3-1-2-4-10/h5-6,8-10H,1-4,7,14H2. The second kappa shape index (κ2) is 3.91. The number of hydrogen-bond acceptors (Lipinski definition) is 2. The summed E-state index contributed by atoms with van der Waals surface area (Å²) in [5, 5.41) is 0. The number of nitrogens with zero attached hydrogens (tertiary/aromatic N) is 2. The lowest BCUT2D eigenvalue weighted by molar-refractivity contribution is 0.723. The second-order valence-corrected chi connectivity index (χ2v) is 4.67. The Morgan fingerprint density at radius 3 is 2.88 bits per heavy atom. The zero-order valence-corrected chi connectivity index (χ0v) is 9.39. The van der Waals surface area contributed by atoms with Crippen molar-refractivity contribution in [1.82, 2.24) is 9.38 Å². The SMILES string of the molecule is NCc1cc2cc(C3CCCC3)cn2cn1. The molecule has 84 valence electrons.